The zero-order chi connectivity index (χ0) is 13.8. The van der Waals surface area contributed by atoms with Gasteiger partial charge in [0.2, 0.25) is 5.91 Å². The van der Waals surface area contributed by atoms with Gasteiger partial charge in [0.15, 0.2) is 0 Å². The highest BCUT2D eigenvalue weighted by molar-refractivity contribution is 5.78. The molecule has 1 amide bonds. The van der Waals surface area contributed by atoms with Crippen molar-refractivity contribution in [2.24, 2.45) is 5.92 Å². The summed E-state index contributed by atoms with van der Waals surface area (Å²) in [4.78, 5) is 15.9. The zero-order valence-electron chi connectivity index (χ0n) is 11.6. The summed E-state index contributed by atoms with van der Waals surface area (Å²) < 4.78 is 0. The molecule has 1 N–H and O–H groups in total. The molecule has 4 nitrogen and oxygen atoms in total. The van der Waals surface area contributed by atoms with E-state index in [1.54, 1.807) is 0 Å². The van der Waals surface area contributed by atoms with Gasteiger partial charge in [-0.25, -0.2) is 0 Å². The second-order valence-corrected chi connectivity index (χ2v) is 5.35. The van der Waals surface area contributed by atoms with Crippen LogP contribution in [0.3, 0.4) is 0 Å². The summed E-state index contributed by atoms with van der Waals surface area (Å²) in [7, 11) is 2.05. The molecule has 1 aromatic carbocycles. The normalized spacial score (nSPS) is 20.7. The van der Waals surface area contributed by atoms with Gasteiger partial charge in [-0.15, -0.1) is 0 Å². The maximum atomic E-state index is 11.8. The lowest BCUT2D eigenvalue weighted by molar-refractivity contribution is -0.127. The molecule has 1 saturated heterocycles. The maximum Gasteiger partial charge on any atom is 0.223 e. The van der Waals surface area contributed by atoms with E-state index in [1.165, 1.54) is 0 Å². The summed E-state index contributed by atoms with van der Waals surface area (Å²) in [6, 6.07) is 10.4. The first-order valence-electron chi connectivity index (χ1n) is 6.78. The van der Waals surface area contributed by atoms with Crippen molar-refractivity contribution in [3.63, 3.8) is 0 Å². The SMILES string of the molecule is CC(CN1CC(CO)CC1=O)N(C)c1ccccc1. The second-order valence-electron chi connectivity index (χ2n) is 5.35. The lowest BCUT2D eigenvalue weighted by Gasteiger charge is -2.30. The molecular weight excluding hydrogens is 240 g/mol. The molecule has 0 saturated carbocycles. The van der Waals surface area contributed by atoms with Crippen LogP contribution in [-0.2, 0) is 4.79 Å². The summed E-state index contributed by atoms with van der Waals surface area (Å²) in [6.45, 7) is 3.61. The average Bonchev–Trinajstić information content (AvgIpc) is 2.79. The summed E-state index contributed by atoms with van der Waals surface area (Å²) in [5.41, 5.74) is 1.15. The minimum Gasteiger partial charge on any atom is -0.396 e. The van der Waals surface area contributed by atoms with E-state index in [0.29, 0.717) is 19.5 Å². The van der Waals surface area contributed by atoms with Gasteiger partial charge in [-0.3, -0.25) is 4.79 Å². The zero-order valence-corrected chi connectivity index (χ0v) is 11.6. The predicted octanol–water partition coefficient (Wildman–Crippen LogP) is 1.35. The van der Waals surface area contributed by atoms with Crippen LogP contribution in [0.1, 0.15) is 13.3 Å². The van der Waals surface area contributed by atoms with Gasteiger partial charge >= 0.3 is 0 Å². The van der Waals surface area contributed by atoms with Gasteiger partial charge in [-0.1, -0.05) is 18.2 Å². The highest BCUT2D eigenvalue weighted by Gasteiger charge is 2.30. The number of rotatable bonds is 5. The Morgan fingerprint density at radius 1 is 1.42 bits per heavy atom. The van der Waals surface area contributed by atoms with Gasteiger partial charge in [0.1, 0.15) is 0 Å². The maximum absolute atomic E-state index is 11.8. The number of nitrogens with zero attached hydrogens (tertiary/aromatic N) is 2. The molecule has 0 spiro atoms. The average molecular weight is 262 g/mol. The van der Waals surface area contributed by atoms with Gasteiger partial charge in [-0.05, 0) is 19.1 Å². The molecule has 2 rings (SSSR count). The van der Waals surface area contributed by atoms with E-state index >= 15 is 0 Å². The summed E-state index contributed by atoms with van der Waals surface area (Å²) in [5, 5.41) is 9.13. The van der Waals surface area contributed by atoms with Gasteiger partial charge in [0.25, 0.3) is 0 Å². The van der Waals surface area contributed by atoms with Crippen molar-refractivity contribution in [3.05, 3.63) is 30.3 Å². The van der Waals surface area contributed by atoms with Crippen molar-refractivity contribution >= 4 is 11.6 Å². The van der Waals surface area contributed by atoms with Crippen LogP contribution in [0.4, 0.5) is 5.69 Å². The minimum atomic E-state index is 0.102. The van der Waals surface area contributed by atoms with Gasteiger partial charge in [0.05, 0.1) is 0 Å². The largest absolute Gasteiger partial charge is 0.396 e. The molecular formula is C15H22N2O2. The highest BCUT2D eigenvalue weighted by Crippen LogP contribution is 2.20. The Labute approximate surface area is 114 Å². The number of hydrogen-bond acceptors (Lipinski definition) is 3. The molecule has 1 fully saturated rings. The van der Waals surface area contributed by atoms with E-state index in [9.17, 15) is 4.79 Å². The monoisotopic (exact) mass is 262 g/mol. The Kier molecular flexibility index (Phi) is 4.43. The van der Waals surface area contributed by atoms with Crippen LogP contribution in [-0.4, -0.2) is 48.7 Å². The predicted molar refractivity (Wildman–Crippen MR) is 76.1 cm³/mol. The number of carbonyl (C=O) groups excluding carboxylic acids is 1. The summed E-state index contributed by atoms with van der Waals surface area (Å²) >= 11 is 0. The molecule has 2 atom stereocenters. The molecule has 0 aromatic heterocycles. The van der Waals surface area contributed by atoms with Crippen molar-refractivity contribution in [3.8, 4) is 0 Å². The number of carbonyl (C=O) groups is 1. The van der Waals surface area contributed by atoms with Crippen molar-refractivity contribution in [1.29, 1.82) is 0 Å². The Hall–Kier alpha value is -1.55. The standard InChI is InChI=1S/C15H22N2O2/c1-12(16(2)14-6-4-3-5-7-14)9-17-10-13(11-18)8-15(17)19/h3-7,12-13,18H,8-11H2,1-2H3. The molecule has 1 heterocycles. The molecule has 104 valence electrons. The quantitative estimate of drug-likeness (QED) is 0.871. The first kappa shape index (κ1) is 13.9. The fraction of sp³-hybridized carbons (Fsp3) is 0.533. The molecule has 0 bridgehead atoms. The molecule has 1 aliphatic heterocycles. The Morgan fingerprint density at radius 2 is 2.11 bits per heavy atom. The number of hydrogen-bond donors (Lipinski definition) is 1. The molecule has 1 aromatic rings. The van der Waals surface area contributed by atoms with Crippen LogP contribution in [0, 0.1) is 5.92 Å². The van der Waals surface area contributed by atoms with Crippen LogP contribution >= 0.6 is 0 Å². The summed E-state index contributed by atoms with van der Waals surface area (Å²) in [5.74, 6) is 0.272. The molecule has 2 unspecified atom stereocenters. The van der Waals surface area contributed by atoms with Crippen LogP contribution in [0.15, 0.2) is 30.3 Å². The third kappa shape index (κ3) is 3.26. The molecule has 0 aliphatic carbocycles. The van der Waals surface area contributed by atoms with Crippen LogP contribution in [0.2, 0.25) is 0 Å². The first-order valence-corrected chi connectivity index (χ1v) is 6.78. The number of benzene rings is 1. The van der Waals surface area contributed by atoms with Gasteiger partial charge < -0.3 is 14.9 Å². The minimum absolute atomic E-state index is 0.102. The number of likely N-dealkylation sites (N-methyl/N-ethyl adjacent to an activating group) is 1. The van der Waals surface area contributed by atoms with Gasteiger partial charge in [0, 0.05) is 50.8 Å². The molecule has 19 heavy (non-hydrogen) atoms. The van der Waals surface area contributed by atoms with E-state index in [-0.39, 0.29) is 24.5 Å². The number of aliphatic hydroxyl groups excluding tert-OH is 1. The Balaban J connectivity index is 1.94. The number of anilines is 1. The summed E-state index contributed by atoms with van der Waals surface area (Å²) in [6.07, 6.45) is 0.484. The highest BCUT2D eigenvalue weighted by atomic mass is 16.3. The van der Waals surface area contributed by atoms with Crippen molar-refractivity contribution in [2.45, 2.75) is 19.4 Å². The third-order valence-corrected chi connectivity index (χ3v) is 3.86. The number of aliphatic hydroxyl groups is 1. The van der Waals surface area contributed by atoms with E-state index in [0.717, 1.165) is 5.69 Å². The van der Waals surface area contributed by atoms with Crippen molar-refractivity contribution in [2.75, 3.05) is 31.6 Å². The fourth-order valence-corrected chi connectivity index (χ4v) is 2.51. The molecule has 0 radical (unpaired) electrons. The third-order valence-electron chi connectivity index (χ3n) is 3.86. The lowest BCUT2D eigenvalue weighted by atomic mass is 10.1. The topological polar surface area (TPSA) is 43.8 Å². The smallest absolute Gasteiger partial charge is 0.223 e. The van der Waals surface area contributed by atoms with Crippen LogP contribution < -0.4 is 4.90 Å². The fourth-order valence-electron chi connectivity index (χ4n) is 2.51. The van der Waals surface area contributed by atoms with Gasteiger partial charge in [-0.2, -0.15) is 0 Å². The first-order chi connectivity index (χ1) is 9.11. The van der Waals surface area contributed by atoms with Crippen molar-refractivity contribution < 1.29 is 9.90 Å². The van der Waals surface area contributed by atoms with Crippen LogP contribution in [0.25, 0.3) is 0 Å². The Bertz CT molecular complexity index is 421. The number of para-hydroxylation sites is 1. The Morgan fingerprint density at radius 3 is 2.68 bits per heavy atom. The van der Waals surface area contributed by atoms with E-state index < -0.39 is 0 Å². The van der Waals surface area contributed by atoms with E-state index in [1.807, 2.05) is 30.1 Å². The molecule has 4 heteroatoms. The van der Waals surface area contributed by atoms with E-state index in [2.05, 4.69) is 24.0 Å². The molecule has 1 aliphatic rings. The number of likely N-dealkylation sites (tertiary alicyclic amines) is 1. The second kappa shape index (κ2) is 6.06. The van der Waals surface area contributed by atoms with Crippen molar-refractivity contribution in [1.82, 2.24) is 4.90 Å². The lowest BCUT2D eigenvalue weighted by Crippen LogP contribution is -2.41. The van der Waals surface area contributed by atoms with E-state index in [4.69, 9.17) is 5.11 Å². The van der Waals surface area contributed by atoms with Crippen LogP contribution in [0.5, 0.6) is 0 Å². The number of amides is 1.